The lowest BCUT2D eigenvalue weighted by Crippen LogP contribution is -1.99. The molecule has 0 bridgehead atoms. The van der Waals surface area contributed by atoms with Crippen LogP contribution in [0.25, 0.3) is 0 Å². The van der Waals surface area contributed by atoms with Gasteiger partial charge in [0.2, 0.25) is 0 Å². The first-order valence-corrected chi connectivity index (χ1v) is 11.2. The van der Waals surface area contributed by atoms with Gasteiger partial charge in [0.25, 0.3) is 0 Å². The van der Waals surface area contributed by atoms with Crippen molar-refractivity contribution in [1.29, 1.82) is 0 Å². The van der Waals surface area contributed by atoms with Gasteiger partial charge in [-0.1, -0.05) is 77.9 Å². The number of rotatable bonds is 8. The molecule has 1 unspecified atom stereocenters. The first-order valence-electron chi connectivity index (χ1n) is 7.41. The SMILES string of the molecule is CC(C)CSSc1cccc(CS(=O)Cc2ccccc2)c1.O. The maximum atomic E-state index is 12.3. The van der Waals surface area contributed by atoms with Crippen LogP contribution in [0.2, 0.25) is 0 Å². The van der Waals surface area contributed by atoms with E-state index in [0.29, 0.717) is 17.4 Å². The molecule has 2 rings (SSSR count). The van der Waals surface area contributed by atoms with Crippen LogP contribution in [0.3, 0.4) is 0 Å². The van der Waals surface area contributed by atoms with Gasteiger partial charge in [0.05, 0.1) is 0 Å². The van der Waals surface area contributed by atoms with E-state index in [1.54, 1.807) is 0 Å². The molecule has 0 amide bonds. The van der Waals surface area contributed by atoms with Crippen LogP contribution in [0.5, 0.6) is 0 Å². The molecule has 2 aromatic rings. The molecule has 0 aliphatic rings. The zero-order valence-electron chi connectivity index (χ0n) is 13.5. The first kappa shape index (κ1) is 20.3. The van der Waals surface area contributed by atoms with Gasteiger partial charge in [-0.05, 0) is 29.2 Å². The predicted octanol–water partition coefficient (Wildman–Crippen LogP) is 4.71. The average Bonchev–Trinajstić information content (AvgIpc) is 2.48. The Morgan fingerprint density at radius 2 is 1.61 bits per heavy atom. The predicted molar refractivity (Wildman–Crippen MR) is 105 cm³/mol. The molecule has 0 spiro atoms. The Bertz CT molecular complexity index is 600. The molecule has 0 aromatic heterocycles. The molecular weight excluding hydrogens is 344 g/mol. The van der Waals surface area contributed by atoms with E-state index in [2.05, 4.69) is 38.1 Å². The molecule has 0 aliphatic heterocycles. The Labute approximate surface area is 149 Å². The van der Waals surface area contributed by atoms with Gasteiger partial charge in [0.1, 0.15) is 0 Å². The highest BCUT2D eigenvalue weighted by Crippen LogP contribution is 2.32. The van der Waals surface area contributed by atoms with Crippen molar-refractivity contribution >= 4 is 32.4 Å². The maximum absolute atomic E-state index is 12.3. The fourth-order valence-corrected chi connectivity index (χ4v) is 5.69. The lowest BCUT2D eigenvalue weighted by molar-refractivity contribution is 0.682. The third-order valence-corrected chi connectivity index (χ3v) is 6.97. The lowest BCUT2D eigenvalue weighted by atomic mass is 10.2. The molecule has 0 radical (unpaired) electrons. The quantitative estimate of drug-likeness (QED) is 0.634. The minimum Gasteiger partial charge on any atom is -0.412 e. The summed E-state index contributed by atoms with van der Waals surface area (Å²) in [6.45, 7) is 4.47. The third-order valence-electron chi connectivity index (χ3n) is 2.95. The van der Waals surface area contributed by atoms with Crippen LogP contribution in [-0.2, 0) is 22.3 Å². The fourth-order valence-electron chi connectivity index (χ4n) is 1.92. The van der Waals surface area contributed by atoms with Crippen molar-refractivity contribution in [1.82, 2.24) is 0 Å². The molecule has 2 aromatic carbocycles. The van der Waals surface area contributed by atoms with Gasteiger partial charge in [-0.2, -0.15) is 0 Å². The molecule has 2 nitrogen and oxygen atoms in total. The molecule has 2 N–H and O–H groups in total. The summed E-state index contributed by atoms with van der Waals surface area (Å²) in [6, 6.07) is 18.5. The second-order valence-electron chi connectivity index (χ2n) is 5.62. The normalized spacial score (nSPS) is 12.0. The van der Waals surface area contributed by atoms with Gasteiger partial charge < -0.3 is 5.48 Å². The zero-order chi connectivity index (χ0) is 15.8. The van der Waals surface area contributed by atoms with Crippen molar-refractivity contribution < 1.29 is 9.69 Å². The molecule has 5 heteroatoms. The summed E-state index contributed by atoms with van der Waals surface area (Å²) < 4.78 is 12.3. The highest BCUT2D eigenvalue weighted by molar-refractivity contribution is 8.76. The molecule has 0 saturated heterocycles. The first-order chi connectivity index (χ1) is 10.6. The highest BCUT2D eigenvalue weighted by Gasteiger charge is 2.05. The van der Waals surface area contributed by atoms with E-state index in [4.69, 9.17) is 0 Å². The van der Waals surface area contributed by atoms with E-state index < -0.39 is 10.8 Å². The van der Waals surface area contributed by atoms with Gasteiger partial charge in [0.15, 0.2) is 0 Å². The van der Waals surface area contributed by atoms with Gasteiger partial charge in [-0.3, -0.25) is 4.21 Å². The lowest BCUT2D eigenvalue weighted by Gasteiger charge is -2.07. The van der Waals surface area contributed by atoms with E-state index in [-0.39, 0.29) is 5.48 Å². The van der Waals surface area contributed by atoms with E-state index >= 15 is 0 Å². The van der Waals surface area contributed by atoms with Gasteiger partial charge in [0, 0.05) is 33.0 Å². The van der Waals surface area contributed by atoms with Crippen molar-refractivity contribution in [3.05, 3.63) is 65.7 Å². The molecule has 0 saturated carbocycles. The summed E-state index contributed by atoms with van der Waals surface area (Å²) in [5.41, 5.74) is 2.29. The second-order valence-corrected chi connectivity index (χ2v) is 9.49. The van der Waals surface area contributed by atoms with Crippen LogP contribution < -0.4 is 0 Å². The third kappa shape index (κ3) is 8.06. The minimum atomic E-state index is -0.859. The molecule has 23 heavy (non-hydrogen) atoms. The molecule has 1 atom stereocenters. The fraction of sp³-hybridized carbons (Fsp3) is 0.333. The second kappa shape index (κ2) is 10.9. The van der Waals surface area contributed by atoms with E-state index in [0.717, 1.165) is 16.9 Å². The monoisotopic (exact) mass is 368 g/mol. The maximum Gasteiger partial charge on any atom is 0.0489 e. The Hall–Kier alpha value is -0.750. The van der Waals surface area contributed by atoms with Crippen molar-refractivity contribution in [2.24, 2.45) is 5.92 Å². The Morgan fingerprint density at radius 1 is 0.957 bits per heavy atom. The van der Waals surface area contributed by atoms with Crippen LogP contribution >= 0.6 is 21.6 Å². The van der Waals surface area contributed by atoms with E-state index in [1.165, 1.54) is 4.90 Å². The summed E-state index contributed by atoms with van der Waals surface area (Å²) in [5.74, 6) is 3.10. The van der Waals surface area contributed by atoms with E-state index in [1.807, 2.05) is 51.9 Å². The van der Waals surface area contributed by atoms with Gasteiger partial charge in [-0.15, -0.1) is 0 Å². The minimum absolute atomic E-state index is 0. The van der Waals surface area contributed by atoms with Crippen molar-refractivity contribution in [2.45, 2.75) is 30.2 Å². The van der Waals surface area contributed by atoms with Gasteiger partial charge in [-0.25, -0.2) is 0 Å². The summed E-state index contributed by atoms with van der Waals surface area (Å²) in [6.07, 6.45) is 0. The van der Waals surface area contributed by atoms with Crippen molar-refractivity contribution in [3.8, 4) is 0 Å². The van der Waals surface area contributed by atoms with Crippen LogP contribution in [0, 0.1) is 5.92 Å². The largest absolute Gasteiger partial charge is 0.412 e. The summed E-state index contributed by atoms with van der Waals surface area (Å²) >= 11 is 0. The smallest absolute Gasteiger partial charge is 0.0489 e. The van der Waals surface area contributed by atoms with Crippen LogP contribution in [-0.4, -0.2) is 15.4 Å². The van der Waals surface area contributed by atoms with Crippen molar-refractivity contribution in [3.63, 3.8) is 0 Å². The zero-order valence-corrected chi connectivity index (χ0v) is 16.0. The van der Waals surface area contributed by atoms with Crippen molar-refractivity contribution in [2.75, 3.05) is 5.75 Å². The van der Waals surface area contributed by atoms with Gasteiger partial charge >= 0.3 is 0 Å². The standard InChI is InChI=1S/C18H22OS3.H2O/c1-15(2)12-20-21-18-10-6-9-17(11-18)14-22(19)13-16-7-4-3-5-8-16;/h3-11,15H,12-14H2,1-2H3;1H2. The molecule has 0 heterocycles. The molecule has 0 fully saturated rings. The molecule has 0 aliphatic carbocycles. The average molecular weight is 369 g/mol. The Morgan fingerprint density at radius 3 is 2.30 bits per heavy atom. The Balaban J connectivity index is 0.00000264. The number of benzene rings is 2. The summed E-state index contributed by atoms with van der Waals surface area (Å²) in [7, 11) is 2.84. The van der Waals surface area contributed by atoms with Crippen LogP contribution in [0.15, 0.2) is 59.5 Å². The summed E-state index contributed by atoms with van der Waals surface area (Å²) in [5, 5.41) is 0. The van der Waals surface area contributed by atoms with E-state index in [9.17, 15) is 4.21 Å². The number of hydrogen-bond donors (Lipinski definition) is 0. The summed E-state index contributed by atoms with van der Waals surface area (Å²) in [4.78, 5) is 1.25. The number of hydrogen-bond acceptors (Lipinski definition) is 3. The molecule has 126 valence electrons. The topological polar surface area (TPSA) is 48.6 Å². The molecular formula is C18H24O2S3. The van der Waals surface area contributed by atoms with Crippen LogP contribution in [0.4, 0.5) is 0 Å². The van der Waals surface area contributed by atoms with Crippen LogP contribution in [0.1, 0.15) is 25.0 Å². The Kier molecular flexibility index (Phi) is 9.63. The highest BCUT2D eigenvalue weighted by atomic mass is 33.1.